The van der Waals surface area contributed by atoms with E-state index >= 15 is 0 Å². The highest BCUT2D eigenvalue weighted by atomic mass is 35.5. The monoisotopic (exact) mass is 317 g/mol. The average molecular weight is 318 g/mol. The number of amides is 1. The molecule has 3 aromatic rings. The van der Waals surface area contributed by atoms with Gasteiger partial charge in [0.05, 0.1) is 0 Å². The molecule has 7 nitrogen and oxygen atoms in total. The molecule has 112 valence electrons. The molecule has 0 fully saturated rings. The van der Waals surface area contributed by atoms with E-state index in [1.807, 2.05) is 6.92 Å². The SMILES string of the molecule is CCn1c(=O)[nH]c2c(C(N)=O)nc(-c3ccc(Cl)cc3)nc21. The number of aromatic nitrogens is 4. The van der Waals surface area contributed by atoms with Crippen molar-refractivity contribution in [2.45, 2.75) is 13.5 Å². The molecule has 22 heavy (non-hydrogen) atoms. The van der Waals surface area contributed by atoms with Gasteiger partial charge in [-0.3, -0.25) is 9.36 Å². The molecule has 0 aliphatic rings. The fourth-order valence-electron chi connectivity index (χ4n) is 2.23. The maximum Gasteiger partial charge on any atom is 0.327 e. The van der Waals surface area contributed by atoms with Gasteiger partial charge in [0.2, 0.25) is 0 Å². The van der Waals surface area contributed by atoms with Crippen LogP contribution in [-0.4, -0.2) is 25.4 Å². The first-order chi connectivity index (χ1) is 10.5. The fourth-order valence-corrected chi connectivity index (χ4v) is 2.36. The number of H-pyrrole nitrogens is 1. The second-order valence-corrected chi connectivity index (χ2v) is 5.08. The first-order valence-electron chi connectivity index (χ1n) is 6.57. The molecule has 0 saturated carbocycles. The van der Waals surface area contributed by atoms with E-state index in [4.69, 9.17) is 17.3 Å². The number of nitrogens with zero attached hydrogens (tertiary/aromatic N) is 3. The van der Waals surface area contributed by atoms with Crippen LogP contribution in [0, 0.1) is 0 Å². The van der Waals surface area contributed by atoms with Crippen molar-refractivity contribution in [3.8, 4) is 11.4 Å². The number of hydrogen-bond acceptors (Lipinski definition) is 4. The normalized spacial score (nSPS) is 11.0. The number of benzene rings is 1. The van der Waals surface area contributed by atoms with Crippen LogP contribution in [-0.2, 0) is 6.54 Å². The van der Waals surface area contributed by atoms with E-state index < -0.39 is 5.91 Å². The minimum atomic E-state index is -0.730. The molecule has 0 radical (unpaired) electrons. The molecule has 0 saturated heterocycles. The summed E-state index contributed by atoms with van der Waals surface area (Å²) in [7, 11) is 0. The third kappa shape index (κ3) is 2.25. The lowest BCUT2D eigenvalue weighted by Crippen LogP contribution is -2.15. The minimum absolute atomic E-state index is 0.0146. The van der Waals surface area contributed by atoms with Gasteiger partial charge < -0.3 is 10.7 Å². The summed E-state index contributed by atoms with van der Waals surface area (Å²) in [5.41, 5.74) is 6.26. The topological polar surface area (TPSA) is 107 Å². The van der Waals surface area contributed by atoms with Gasteiger partial charge in [0, 0.05) is 17.1 Å². The molecule has 3 rings (SSSR count). The van der Waals surface area contributed by atoms with Crippen molar-refractivity contribution >= 4 is 28.7 Å². The standard InChI is InChI=1S/C14H12ClN5O2/c1-2-20-13-10(18-14(20)22)9(11(16)21)17-12(19-13)7-3-5-8(15)6-4-7/h3-6H,2H2,1H3,(H2,16,21)(H,18,22). The number of fused-ring (bicyclic) bond motifs is 1. The van der Waals surface area contributed by atoms with E-state index in [2.05, 4.69) is 15.0 Å². The minimum Gasteiger partial charge on any atom is -0.364 e. The van der Waals surface area contributed by atoms with Crippen LogP contribution in [0.15, 0.2) is 29.1 Å². The largest absolute Gasteiger partial charge is 0.364 e. The van der Waals surface area contributed by atoms with E-state index in [1.165, 1.54) is 4.57 Å². The molecule has 0 unspecified atom stereocenters. The van der Waals surface area contributed by atoms with Crippen molar-refractivity contribution < 1.29 is 4.79 Å². The van der Waals surface area contributed by atoms with Crippen LogP contribution in [0.2, 0.25) is 5.02 Å². The molecule has 0 aliphatic heterocycles. The first-order valence-corrected chi connectivity index (χ1v) is 6.95. The molecular weight excluding hydrogens is 306 g/mol. The number of nitrogens with two attached hydrogens (primary N) is 1. The second-order valence-electron chi connectivity index (χ2n) is 4.64. The van der Waals surface area contributed by atoms with E-state index in [9.17, 15) is 9.59 Å². The van der Waals surface area contributed by atoms with Gasteiger partial charge in [0.15, 0.2) is 17.2 Å². The Morgan fingerprint density at radius 2 is 2.00 bits per heavy atom. The highest BCUT2D eigenvalue weighted by Gasteiger charge is 2.18. The molecule has 3 N–H and O–H groups in total. The molecular formula is C14H12ClN5O2. The fraction of sp³-hybridized carbons (Fsp3) is 0.143. The summed E-state index contributed by atoms with van der Waals surface area (Å²) in [6.45, 7) is 2.22. The lowest BCUT2D eigenvalue weighted by molar-refractivity contribution is 0.0997. The van der Waals surface area contributed by atoms with Crippen LogP contribution < -0.4 is 11.4 Å². The molecule has 8 heteroatoms. The number of aromatic amines is 1. The Labute approximate surface area is 129 Å². The molecule has 0 bridgehead atoms. The lowest BCUT2D eigenvalue weighted by Gasteiger charge is -2.05. The maximum absolute atomic E-state index is 11.9. The Morgan fingerprint density at radius 1 is 1.32 bits per heavy atom. The van der Waals surface area contributed by atoms with Crippen molar-refractivity contribution in [2.24, 2.45) is 5.73 Å². The average Bonchev–Trinajstić information content (AvgIpc) is 2.81. The van der Waals surface area contributed by atoms with Crippen molar-refractivity contribution in [1.29, 1.82) is 0 Å². The van der Waals surface area contributed by atoms with Crippen LogP contribution >= 0.6 is 11.6 Å². The molecule has 0 aliphatic carbocycles. The number of imidazole rings is 1. The highest BCUT2D eigenvalue weighted by molar-refractivity contribution is 6.30. The number of aryl methyl sites for hydroxylation is 1. The van der Waals surface area contributed by atoms with Gasteiger partial charge >= 0.3 is 5.69 Å². The first kappa shape index (κ1) is 14.3. The lowest BCUT2D eigenvalue weighted by atomic mass is 10.2. The van der Waals surface area contributed by atoms with Gasteiger partial charge in [0.1, 0.15) is 5.52 Å². The van der Waals surface area contributed by atoms with Crippen molar-refractivity contribution in [3.05, 3.63) is 45.5 Å². The summed E-state index contributed by atoms with van der Waals surface area (Å²) in [4.78, 5) is 34.7. The number of carbonyl (C=O) groups is 1. The van der Waals surface area contributed by atoms with Crippen LogP contribution in [0.25, 0.3) is 22.6 Å². The maximum atomic E-state index is 11.9. The van der Waals surface area contributed by atoms with Crippen molar-refractivity contribution in [3.63, 3.8) is 0 Å². The quantitative estimate of drug-likeness (QED) is 0.764. The van der Waals surface area contributed by atoms with E-state index in [0.717, 1.165) is 0 Å². The van der Waals surface area contributed by atoms with E-state index in [0.29, 0.717) is 28.6 Å². The zero-order valence-electron chi connectivity index (χ0n) is 11.6. The summed E-state index contributed by atoms with van der Waals surface area (Å²) in [5.74, 6) is -0.425. The van der Waals surface area contributed by atoms with Gasteiger partial charge in [-0.15, -0.1) is 0 Å². The number of nitrogens with one attached hydrogen (secondary N) is 1. The van der Waals surface area contributed by atoms with Crippen LogP contribution in [0.5, 0.6) is 0 Å². The molecule has 2 heterocycles. The van der Waals surface area contributed by atoms with Gasteiger partial charge in [0.25, 0.3) is 5.91 Å². The van der Waals surface area contributed by atoms with Gasteiger partial charge in [-0.25, -0.2) is 14.8 Å². The summed E-state index contributed by atoms with van der Waals surface area (Å²) < 4.78 is 1.42. The Morgan fingerprint density at radius 3 is 2.59 bits per heavy atom. The Kier molecular flexibility index (Phi) is 3.42. The number of primary amides is 1. The number of carbonyl (C=O) groups excluding carboxylic acids is 1. The molecule has 0 atom stereocenters. The summed E-state index contributed by atoms with van der Waals surface area (Å²) in [5, 5.41) is 0.576. The van der Waals surface area contributed by atoms with Crippen molar-refractivity contribution in [1.82, 2.24) is 19.5 Å². The zero-order valence-corrected chi connectivity index (χ0v) is 12.4. The van der Waals surface area contributed by atoms with E-state index in [-0.39, 0.29) is 16.9 Å². The predicted octanol–water partition coefficient (Wildman–Crippen LogP) is 1.56. The number of rotatable bonds is 3. The third-order valence-corrected chi connectivity index (χ3v) is 3.53. The summed E-state index contributed by atoms with van der Waals surface area (Å²) in [6.07, 6.45) is 0. The molecule has 1 aromatic carbocycles. The van der Waals surface area contributed by atoms with Crippen LogP contribution in [0.4, 0.5) is 0 Å². The Balaban J connectivity index is 2.34. The van der Waals surface area contributed by atoms with Crippen molar-refractivity contribution in [2.75, 3.05) is 0 Å². The Bertz CT molecular complexity index is 927. The van der Waals surface area contributed by atoms with Gasteiger partial charge in [-0.05, 0) is 31.2 Å². The smallest absolute Gasteiger partial charge is 0.327 e. The Hall–Kier alpha value is -2.67. The summed E-state index contributed by atoms with van der Waals surface area (Å²) in [6, 6.07) is 6.85. The molecule has 0 spiro atoms. The highest BCUT2D eigenvalue weighted by Crippen LogP contribution is 2.21. The van der Waals surface area contributed by atoms with Crippen LogP contribution in [0.1, 0.15) is 17.4 Å². The summed E-state index contributed by atoms with van der Waals surface area (Å²) >= 11 is 5.86. The second kappa shape index (κ2) is 5.27. The van der Waals surface area contributed by atoms with Gasteiger partial charge in [-0.1, -0.05) is 11.6 Å². The molecule has 2 aromatic heterocycles. The molecule has 1 amide bonds. The van der Waals surface area contributed by atoms with Gasteiger partial charge in [-0.2, -0.15) is 0 Å². The van der Waals surface area contributed by atoms with Crippen LogP contribution in [0.3, 0.4) is 0 Å². The number of halogens is 1. The third-order valence-electron chi connectivity index (χ3n) is 3.27. The number of hydrogen-bond donors (Lipinski definition) is 2. The van der Waals surface area contributed by atoms with E-state index in [1.54, 1.807) is 24.3 Å². The zero-order chi connectivity index (χ0) is 15.9. The predicted molar refractivity (Wildman–Crippen MR) is 82.8 cm³/mol.